The highest BCUT2D eigenvalue weighted by atomic mass is 16.5. The fourth-order valence-electron chi connectivity index (χ4n) is 2.07. The summed E-state index contributed by atoms with van der Waals surface area (Å²) in [6, 6.07) is 4.01. The first-order valence-electron chi connectivity index (χ1n) is 5.58. The van der Waals surface area contributed by atoms with Gasteiger partial charge < -0.3 is 15.2 Å². The average Bonchev–Trinajstić information content (AvgIpc) is 2.95. The number of aryl methyl sites for hydroxylation is 1. The zero-order chi connectivity index (χ0) is 11.8. The van der Waals surface area contributed by atoms with Gasteiger partial charge in [-0.3, -0.25) is 0 Å². The van der Waals surface area contributed by atoms with Gasteiger partial charge in [-0.15, -0.1) is 0 Å². The van der Waals surface area contributed by atoms with Crippen LogP contribution in [0.5, 0.6) is 11.5 Å². The highest BCUT2D eigenvalue weighted by molar-refractivity contribution is 5.47. The van der Waals surface area contributed by atoms with Gasteiger partial charge in [0.2, 0.25) is 0 Å². The molecule has 0 heterocycles. The van der Waals surface area contributed by atoms with Crippen molar-refractivity contribution >= 4 is 0 Å². The minimum absolute atomic E-state index is 0.00785. The third-order valence-electron chi connectivity index (χ3n) is 3.20. The molecule has 1 aromatic carbocycles. The largest absolute Gasteiger partial charge is 0.497 e. The Hall–Kier alpha value is -1.22. The van der Waals surface area contributed by atoms with Gasteiger partial charge in [-0.2, -0.15) is 0 Å². The normalized spacial score (nSPS) is 17.0. The van der Waals surface area contributed by atoms with E-state index in [-0.39, 0.29) is 5.54 Å². The van der Waals surface area contributed by atoms with Crippen LogP contribution in [0.25, 0.3) is 0 Å². The van der Waals surface area contributed by atoms with Crippen molar-refractivity contribution in [2.24, 2.45) is 5.73 Å². The molecule has 0 spiro atoms. The molecule has 0 amide bonds. The number of methoxy groups -OCH3 is 2. The molecule has 3 nitrogen and oxygen atoms in total. The molecule has 16 heavy (non-hydrogen) atoms. The Morgan fingerprint density at radius 1 is 1.25 bits per heavy atom. The van der Waals surface area contributed by atoms with Gasteiger partial charge in [0, 0.05) is 5.54 Å². The van der Waals surface area contributed by atoms with Gasteiger partial charge in [0.25, 0.3) is 0 Å². The SMILES string of the molecule is COc1cc(C)c(OC)c(CC2(N)CC2)c1. The Labute approximate surface area is 96.5 Å². The number of hydrogen-bond acceptors (Lipinski definition) is 3. The van der Waals surface area contributed by atoms with Gasteiger partial charge in [0.05, 0.1) is 14.2 Å². The van der Waals surface area contributed by atoms with Gasteiger partial charge in [-0.1, -0.05) is 0 Å². The Morgan fingerprint density at radius 2 is 1.94 bits per heavy atom. The van der Waals surface area contributed by atoms with Crippen LogP contribution >= 0.6 is 0 Å². The molecule has 0 aliphatic heterocycles. The van der Waals surface area contributed by atoms with Crippen LogP contribution in [0.4, 0.5) is 0 Å². The zero-order valence-corrected chi connectivity index (χ0v) is 10.2. The minimum Gasteiger partial charge on any atom is -0.497 e. The quantitative estimate of drug-likeness (QED) is 0.846. The van der Waals surface area contributed by atoms with Crippen LogP contribution in [0, 0.1) is 6.92 Å². The van der Waals surface area contributed by atoms with Crippen molar-refractivity contribution in [2.45, 2.75) is 31.7 Å². The first-order chi connectivity index (χ1) is 7.58. The third kappa shape index (κ3) is 2.14. The van der Waals surface area contributed by atoms with E-state index in [1.54, 1.807) is 14.2 Å². The number of rotatable bonds is 4. The number of benzene rings is 1. The molecule has 3 heteroatoms. The molecule has 0 aromatic heterocycles. The van der Waals surface area contributed by atoms with Crippen LogP contribution in [0.1, 0.15) is 24.0 Å². The lowest BCUT2D eigenvalue weighted by Crippen LogP contribution is -2.24. The van der Waals surface area contributed by atoms with Crippen molar-refractivity contribution in [3.63, 3.8) is 0 Å². The maximum Gasteiger partial charge on any atom is 0.125 e. The van der Waals surface area contributed by atoms with Crippen molar-refractivity contribution in [2.75, 3.05) is 14.2 Å². The van der Waals surface area contributed by atoms with E-state index in [0.29, 0.717) is 0 Å². The van der Waals surface area contributed by atoms with Crippen LogP contribution in [-0.4, -0.2) is 19.8 Å². The van der Waals surface area contributed by atoms with E-state index < -0.39 is 0 Å². The molecular weight excluding hydrogens is 202 g/mol. The Balaban J connectivity index is 2.35. The predicted molar refractivity (Wildman–Crippen MR) is 64.1 cm³/mol. The van der Waals surface area contributed by atoms with Crippen molar-refractivity contribution in [3.8, 4) is 11.5 Å². The highest BCUT2D eigenvalue weighted by Crippen LogP contribution is 2.39. The van der Waals surface area contributed by atoms with Crippen molar-refractivity contribution < 1.29 is 9.47 Å². The average molecular weight is 221 g/mol. The molecule has 0 radical (unpaired) electrons. The maximum absolute atomic E-state index is 6.15. The van der Waals surface area contributed by atoms with Crippen LogP contribution in [0.2, 0.25) is 0 Å². The van der Waals surface area contributed by atoms with Crippen LogP contribution < -0.4 is 15.2 Å². The monoisotopic (exact) mass is 221 g/mol. The summed E-state index contributed by atoms with van der Waals surface area (Å²) in [5.41, 5.74) is 8.39. The minimum atomic E-state index is -0.00785. The predicted octanol–water partition coefficient (Wildman–Crippen LogP) is 2.05. The number of nitrogens with two attached hydrogens (primary N) is 1. The molecule has 2 N–H and O–H groups in total. The van der Waals surface area contributed by atoms with Crippen LogP contribution in [-0.2, 0) is 6.42 Å². The van der Waals surface area contributed by atoms with E-state index >= 15 is 0 Å². The topological polar surface area (TPSA) is 44.5 Å². The summed E-state index contributed by atoms with van der Waals surface area (Å²) in [5, 5.41) is 0. The molecule has 0 unspecified atom stereocenters. The summed E-state index contributed by atoms with van der Waals surface area (Å²) in [6.07, 6.45) is 3.08. The molecule has 2 rings (SSSR count). The summed E-state index contributed by atoms with van der Waals surface area (Å²) >= 11 is 0. The molecular formula is C13H19NO2. The summed E-state index contributed by atoms with van der Waals surface area (Å²) in [5.74, 6) is 1.81. The highest BCUT2D eigenvalue weighted by Gasteiger charge is 2.38. The molecule has 0 atom stereocenters. The summed E-state index contributed by atoms with van der Waals surface area (Å²) < 4.78 is 10.7. The first kappa shape index (κ1) is 11.3. The fourth-order valence-corrected chi connectivity index (χ4v) is 2.07. The second kappa shape index (κ2) is 3.98. The fraction of sp³-hybridized carbons (Fsp3) is 0.538. The van der Waals surface area contributed by atoms with E-state index in [1.807, 2.05) is 19.1 Å². The molecule has 88 valence electrons. The number of hydrogen-bond donors (Lipinski definition) is 1. The van der Waals surface area contributed by atoms with Gasteiger partial charge in [-0.05, 0) is 49.4 Å². The lowest BCUT2D eigenvalue weighted by Gasteiger charge is -2.16. The molecule has 0 bridgehead atoms. The Morgan fingerprint density at radius 3 is 2.44 bits per heavy atom. The molecule has 1 aliphatic carbocycles. The zero-order valence-electron chi connectivity index (χ0n) is 10.2. The van der Waals surface area contributed by atoms with E-state index in [4.69, 9.17) is 15.2 Å². The smallest absolute Gasteiger partial charge is 0.125 e. The second-order valence-electron chi connectivity index (χ2n) is 4.68. The molecule has 1 fully saturated rings. The Kier molecular flexibility index (Phi) is 2.80. The van der Waals surface area contributed by atoms with Gasteiger partial charge in [-0.25, -0.2) is 0 Å². The van der Waals surface area contributed by atoms with E-state index in [9.17, 15) is 0 Å². The van der Waals surface area contributed by atoms with Crippen LogP contribution in [0.15, 0.2) is 12.1 Å². The molecule has 0 saturated heterocycles. The van der Waals surface area contributed by atoms with E-state index in [1.165, 1.54) is 0 Å². The van der Waals surface area contributed by atoms with Gasteiger partial charge in [0.1, 0.15) is 11.5 Å². The lowest BCUT2D eigenvalue weighted by atomic mass is 10.0. The van der Waals surface area contributed by atoms with Crippen molar-refractivity contribution in [1.29, 1.82) is 0 Å². The molecule has 1 aliphatic rings. The van der Waals surface area contributed by atoms with Crippen molar-refractivity contribution in [3.05, 3.63) is 23.3 Å². The van der Waals surface area contributed by atoms with Gasteiger partial charge >= 0.3 is 0 Å². The van der Waals surface area contributed by atoms with Crippen molar-refractivity contribution in [1.82, 2.24) is 0 Å². The standard InChI is InChI=1S/C13H19NO2/c1-9-6-11(15-2)7-10(12(9)16-3)8-13(14)4-5-13/h6-7H,4-5,8,14H2,1-3H3. The summed E-state index contributed by atoms with van der Waals surface area (Å²) in [4.78, 5) is 0. The summed E-state index contributed by atoms with van der Waals surface area (Å²) in [7, 11) is 3.38. The molecule has 1 aromatic rings. The second-order valence-corrected chi connectivity index (χ2v) is 4.68. The number of ether oxygens (including phenoxy) is 2. The molecule has 1 saturated carbocycles. The first-order valence-corrected chi connectivity index (χ1v) is 5.58. The van der Waals surface area contributed by atoms with E-state index in [2.05, 4.69) is 0 Å². The lowest BCUT2D eigenvalue weighted by molar-refractivity contribution is 0.394. The van der Waals surface area contributed by atoms with E-state index in [0.717, 1.165) is 41.9 Å². The third-order valence-corrected chi connectivity index (χ3v) is 3.20. The summed E-state index contributed by atoms with van der Waals surface area (Å²) in [6.45, 7) is 2.03. The maximum atomic E-state index is 6.15. The van der Waals surface area contributed by atoms with Crippen LogP contribution in [0.3, 0.4) is 0 Å². The van der Waals surface area contributed by atoms with Gasteiger partial charge in [0.15, 0.2) is 0 Å². The Bertz CT molecular complexity index is 397.